The second-order valence-corrected chi connectivity index (χ2v) is 11.6. The summed E-state index contributed by atoms with van der Waals surface area (Å²) in [6.07, 6.45) is 0.257. The van der Waals surface area contributed by atoms with Gasteiger partial charge in [-0.15, -0.1) is 0 Å². The van der Waals surface area contributed by atoms with Gasteiger partial charge in [0.15, 0.2) is 0 Å². The Morgan fingerprint density at radius 2 is 1.62 bits per heavy atom. The SMILES string of the molecule is CCNC(=O)[C@@H](CC)N(Cc1ccc(Cl)c(Cl)c1)C(=O)CN(c1ccc(F)c(Cl)c1)S(=O)(=O)c1ccccc1. The summed E-state index contributed by atoms with van der Waals surface area (Å²) in [5.41, 5.74) is 0.571. The number of nitrogens with zero attached hydrogens (tertiary/aromatic N) is 2. The summed E-state index contributed by atoms with van der Waals surface area (Å²) in [7, 11) is -4.29. The van der Waals surface area contributed by atoms with Gasteiger partial charge in [0.25, 0.3) is 10.0 Å². The van der Waals surface area contributed by atoms with E-state index in [4.69, 9.17) is 34.8 Å². The average molecular weight is 615 g/mol. The Hall–Kier alpha value is -2.85. The molecule has 1 N–H and O–H groups in total. The summed E-state index contributed by atoms with van der Waals surface area (Å²) in [6, 6.07) is 14.8. The quantitative estimate of drug-likeness (QED) is 0.290. The van der Waals surface area contributed by atoms with Crippen molar-refractivity contribution in [3.63, 3.8) is 0 Å². The van der Waals surface area contributed by atoms with Crippen LogP contribution in [0.4, 0.5) is 10.1 Å². The standard InChI is InChI=1S/C27H27Cl3FN3O4S/c1-3-25(27(36)32-4-2)33(16-18-10-12-21(28)22(29)14-18)26(35)17-34(19-11-13-24(31)23(30)15-19)39(37,38)20-8-6-5-7-9-20/h5-15,25H,3-4,16-17H2,1-2H3,(H,32,36)/t25-/m1/s1. The summed E-state index contributed by atoms with van der Waals surface area (Å²) >= 11 is 18.2. The molecule has 7 nitrogen and oxygen atoms in total. The normalized spacial score (nSPS) is 12.1. The van der Waals surface area contributed by atoms with Gasteiger partial charge in [0.1, 0.15) is 18.4 Å². The van der Waals surface area contributed by atoms with Gasteiger partial charge < -0.3 is 10.2 Å². The lowest BCUT2D eigenvalue weighted by atomic mass is 10.1. The van der Waals surface area contributed by atoms with Crippen LogP contribution in [0, 0.1) is 5.82 Å². The van der Waals surface area contributed by atoms with Crippen molar-refractivity contribution in [2.45, 2.75) is 37.8 Å². The van der Waals surface area contributed by atoms with Crippen molar-refractivity contribution >= 4 is 62.3 Å². The van der Waals surface area contributed by atoms with Crippen molar-refractivity contribution in [1.29, 1.82) is 0 Å². The number of amides is 2. The van der Waals surface area contributed by atoms with E-state index in [1.807, 2.05) is 0 Å². The number of halogens is 4. The number of hydrogen-bond donors (Lipinski definition) is 1. The van der Waals surface area contributed by atoms with Gasteiger partial charge in [0.05, 0.1) is 25.7 Å². The molecule has 0 aliphatic carbocycles. The Morgan fingerprint density at radius 3 is 2.21 bits per heavy atom. The van der Waals surface area contributed by atoms with Crippen LogP contribution in [0.15, 0.2) is 71.6 Å². The molecule has 0 fully saturated rings. The van der Waals surface area contributed by atoms with Crippen LogP contribution in [-0.4, -0.2) is 44.3 Å². The smallest absolute Gasteiger partial charge is 0.264 e. The average Bonchev–Trinajstić information content (AvgIpc) is 2.91. The van der Waals surface area contributed by atoms with E-state index in [1.54, 1.807) is 50.2 Å². The molecule has 0 bridgehead atoms. The molecule has 0 aliphatic rings. The molecular formula is C27H27Cl3FN3O4S. The minimum atomic E-state index is -4.29. The van der Waals surface area contributed by atoms with Gasteiger partial charge in [-0.1, -0.05) is 66.0 Å². The summed E-state index contributed by atoms with van der Waals surface area (Å²) in [5, 5.41) is 3.00. The maximum absolute atomic E-state index is 13.9. The van der Waals surface area contributed by atoms with Crippen molar-refractivity contribution in [3.8, 4) is 0 Å². The van der Waals surface area contributed by atoms with Crippen LogP contribution in [-0.2, 0) is 26.2 Å². The van der Waals surface area contributed by atoms with Gasteiger partial charge >= 0.3 is 0 Å². The highest BCUT2D eigenvalue weighted by Gasteiger charge is 2.33. The number of anilines is 1. The van der Waals surface area contributed by atoms with Gasteiger partial charge in [-0.3, -0.25) is 13.9 Å². The first-order chi connectivity index (χ1) is 18.5. The van der Waals surface area contributed by atoms with Crippen LogP contribution in [0.3, 0.4) is 0 Å². The molecule has 1 atom stereocenters. The molecule has 208 valence electrons. The van der Waals surface area contributed by atoms with Crippen LogP contribution >= 0.6 is 34.8 Å². The molecular weight excluding hydrogens is 588 g/mol. The summed E-state index contributed by atoms with van der Waals surface area (Å²) < 4.78 is 42.2. The lowest BCUT2D eigenvalue weighted by Gasteiger charge is -2.33. The van der Waals surface area contributed by atoms with Gasteiger partial charge in [-0.05, 0) is 61.4 Å². The molecule has 3 aromatic carbocycles. The molecule has 3 aromatic rings. The monoisotopic (exact) mass is 613 g/mol. The van der Waals surface area contributed by atoms with E-state index >= 15 is 0 Å². The molecule has 3 rings (SSSR count). The second kappa shape index (κ2) is 13.5. The Bertz CT molecular complexity index is 1440. The maximum atomic E-state index is 13.9. The van der Waals surface area contributed by atoms with Gasteiger partial charge in [0, 0.05) is 13.1 Å². The van der Waals surface area contributed by atoms with E-state index in [-0.39, 0.29) is 33.6 Å². The van der Waals surface area contributed by atoms with Crippen LogP contribution in [0.5, 0.6) is 0 Å². The molecule has 0 saturated carbocycles. The predicted molar refractivity (Wildman–Crippen MR) is 152 cm³/mol. The predicted octanol–water partition coefficient (Wildman–Crippen LogP) is 5.92. The first-order valence-corrected chi connectivity index (χ1v) is 14.6. The maximum Gasteiger partial charge on any atom is 0.264 e. The summed E-state index contributed by atoms with van der Waals surface area (Å²) in [6.45, 7) is 3.10. The largest absolute Gasteiger partial charge is 0.355 e. The fourth-order valence-electron chi connectivity index (χ4n) is 3.93. The zero-order chi connectivity index (χ0) is 28.7. The molecule has 0 saturated heterocycles. The fourth-order valence-corrected chi connectivity index (χ4v) is 5.86. The lowest BCUT2D eigenvalue weighted by molar-refractivity contribution is -0.140. The minimum Gasteiger partial charge on any atom is -0.355 e. The highest BCUT2D eigenvalue weighted by atomic mass is 35.5. The molecule has 0 heterocycles. The number of nitrogens with one attached hydrogen (secondary N) is 1. The Morgan fingerprint density at radius 1 is 0.923 bits per heavy atom. The van der Waals surface area contributed by atoms with Crippen molar-refractivity contribution in [3.05, 3.63) is 93.2 Å². The Balaban J connectivity index is 2.08. The molecule has 12 heteroatoms. The summed E-state index contributed by atoms with van der Waals surface area (Å²) in [4.78, 5) is 28.1. The first kappa shape index (κ1) is 30.7. The number of likely N-dealkylation sites (N-methyl/N-ethyl adjacent to an activating group) is 1. The molecule has 0 radical (unpaired) electrons. The molecule has 0 spiro atoms. The zero-order valence-corrected chi connectivity index (χ0v) is 24.3. The number of sulfonamides is 1. The highest BCUT2D eigenvalue weighted by Crippen LogP contribution is 2.29. The molecule has 0 aromatic heterocycles. The van der Waals surface area contributed by atoms with Crippen molar-refractivity contribution < 1.29 is 22.4 Å². The number of carbonyl (C=O) groups excluding carboxylic acids is 2. The van der Waals surface area contributed by atoms with E-state index in [0.717, 1.165) is 16.4 Å². The molecule has 2 amide bonds. The van der Waals surface area contributed by atoms with E-state index in [1.165, 1.54) is 23.1 Å². The topological polar surface area (TPSA) is 86.8 Å². The number of carbonyl (C=O) groups is 2. The van der Waals surface area contributed by atoms with Crippen LogP contribution in [0.1, 0.15) is 25.8 Å². The third-order valence-electron chi connectivity index (χ3n) is 5.88. The first-order valence-electron chi connectivity index (χ1n) is 12.0. The van der Waals surface area contributed by atoms with E-state index in [2.05, 4.69) is 5.32 Å². The van der Waals surface area contributed by atoms with Crippen LogP contribution in [0.2, 0.25) is 15.1 Å². The summed E-state index contributed by atoms with van der Waals surface area (Å²) in [5.74, 6) is -1.80. The van der Waals surface area contributed by atoms with Crippen molar-refractivity contribution in [1.82, 2.24) is 10.2 Å². The Labute approximate surface area is 242 Å². The second-order valence-electron chi connectivity index (χ2n) is 8.51. The van der Waals surface area contributed by atoms with E-state index in [9.17, 15) is 22.4 Å². The lowest BCUT2D eigenvalue weighted by Crippen LogP contribution is -2.52. The van der Waals surface area contributed by atoms with E-state index < -0.39 is 40.2 Å². The number of hydrogen-bond acceptors (Lipinski definition) is 4. The van der Waals surface area contributed by atoms with Gasteiger partial charge in [-0.2, -0.15) is 0 Å². The van der Waals surface area contributed by atoms with E-state index in [0.29, 0.717) is 17.1 Å². The Kier molecular flexibility index (Phi) is 10.6. The third-order valence-corrected chi connectivity index (χ3v) is 8.69. The number of rotatable bonds is 11. The highest BCUT2D eigenvalue weighted by molar-refractivity contribution is 7.92. The molecule has 0 aliphatic heterocycles. The van der Waals surface area contributed by atoms with Gasteiger partial charge in [0.2, 0.25) is 11.8 Å². The van der Waals surface area contributed by atoms with Crippen molar-refractivity contribution in [2.24, 2.45) is 0 Å². The molecule has 39 heavy (non-hydrogen) atoms. The number of benzene rings is 3. The zero-order valence-electron chi connectivity index (χ0n) is 21.2. The minimum absolute atomic E-state index is 0.0147. The van der Waals surface area contributed by atoms with Crippen LogP contribution < -0.4 is 9.62 Å². The van der Waals surface area contributed by atoms with Crippen LogP contribution in [0.25, 0.3) is 0 Å². The third kappa shape index (κ3) is 7.42. The molecule has 0 unspecified atom stereocenters. The van der Waals surface area contributed by atoms with Gasteiger partial charge in [-0.25, -0.2) is 12.8 Å². The fraction of sp³-hybridized carbons (Fsp3) is 0.259. The van der Waals surface area contributed by atoms with Crippen molar-refractivity contribution in [2.75, 3.05) is 17.4 Å².